The molecule has 0 spiro atoms. The lowest BCUT2D eigenvalue weighted by Gasteiger charge is -2.45. The van der Waals surface area contributed by atoms with Crippen LogP contribution < -0.4 is 0 Å². The molecule has 0 amide bonds. The molecule has 10 nitrogen and oxygen atoms in total. The molecule has 4 fully saturated rings. The number of hydrogen-bond donors (Lipinski definition) is 8. The fourth-order valence-electron chi connectivity index (χ4n) is 8.35. The molecule has 248 valence electrons. The minimum atomic E-state index is -1.43. The molecule has 2 saturated carbocycles. The molecule has 43 heavy (non-hydrogen) atoms. The first kappa shape index (κ1) is 36.1. The molecule has 2 aliphatic carbocycles. The van der Waals surface area contributed by atoms with Crippen molar-refractivity contribution in [2.45, 2.75) is 148 Å². The topological polar surface area (TPSA) is 180 Å². The largest absolute Gasteiger partial charge is 0.394 e. The number of ether oxygens (including phenoxy) is 2. The lowest BCUT2D eigenvalue weighted by molar-refractivity contribution is -0.242. The van der Waals surface area contributed by atoms with E-state index in [4.69, 9.17) is 40.5 Å². The van der Waals surface area contributed by atoms with Crippen molar-refractivity contribution in [3.8, 4) is 0 Å². The Balaban J connectivity index is 1.48. The Morgan fingerprint density at radius 2 is 1.07 bits per heavy atom. The molecule has 6 unspecified atom stereocenters. The number of aliphatic hydroxyl groups is 8. The summed E-state index contributed by atoms with van der Waals surface area (Å²) in [6.07, 6.45) is -4.19. The van der Waals surface area contributed by atoms with Crippen LogP contribution in [0.5, 0.6) is 0 Å². The van der Waals surface area contributed by atoms with Crippen LogP contribution in [0.15, 0.2) is 0 Å². The van der Waals surface area contributed by atoms with E-state index < -0.39 is 83.9 Å². The highest BCUT2D eigenvalue weighted by molar-refractivity contribution is 6.44. The van der Waals surface area contributed by atoms with Gasteiger partial charge in [-0.15, -0.1) is 23.2 Å². The predicted octanol–water partition coefficient (Wildman–Crippen LogP) is 0.555. The van der Waals surface area contributed by atoms with Gasteiger partial charge in [-0.25, -0.2) is 0 Å². The summed E-state index contributed by atoms with van der Waals surface area (Å²) >= 11 is 14.2. The summed E-state index contributed by atoms with van der Waals surface area (Å²) in [5.74, 6) is -0.0953. The number of hydrogen-bond acceptors (Lipinski definition) is 10. The molecule has 4 aliphatic rings. The van der Waals surface area contributed by atoms with Crippen molar-refractivity contribution in [3.05, 3.63) is 0 Å². The highest BCUT2D eigenvalue weighted by Gasteiger charge is 2.50. The van der Waals surface area contributed by atoms with E-state index in [0.717, 1.165) is 32.1 Å². The minimum Gasteiger partial charge on any atom is -0.394 e. The van der Waals surface area contributed by atoms with Crippen LogP contribution in [-0.4, -0.2) is 133 Å². The molecule has 13 heteroatoms. The van der Waals surface area contributed by atoms with Crippen LogP contribution in [0.25, 0.3) is 0 Å². The van der Waals surface area contributed by atoms with E-state index in [1.807, 2.05) is 6.92 Å². The Morgan fingerprint density at radius 3 is 1.60 bits per heavy atom. The maximum atomic E-state index is 10.8. The molecule has 2 saturated heterocycles. The average Bonchev–Trinajstić information content (AvgIpc) is 3.12. The van der Waals surface area contributed by atoms with E-state index in [0.29, 0.717) is 38.5 Å². The van der Waals surface area contributed by atoms with Crippen molar-refractivity contribution in [2.24, 2.45) is 23.7 Å². The van der Waals surface area contributed by atoms with Gasteiger partial charge in [0.05, 0.1) is 33.3 Å². The van der Waals surface area contributed by atoms with Crippen molar-refractivity contribution in [1.82, 2.24) is 0 Å². The van der Waals surface area contributed by atoms with Crippen LogP contribution >= 0.6 is 23.2 Å². The van der Waals surface area contributed by atoms with Crippen LogP contribution in [-0.2, 0) is 9.47 Å². The summed E-state index contributed by atoms with van der Waals surface area (Å²) in [5.41, 5.74) is 0. The zero-order valence-electron chi connectivity index (χ0n) is 25.0. The van der Waals surface area contributed by atoms with Crippen molar-refractivity contribution in [2.75, 3.05) is 13.2 Å². The molecule has 8 N–H and O–H groups in total. The molecule has 0 aromatic carbocycles. The fraction of sp³-hybridized carbons (Fsp3) is 1.00. The van der Waals surface area contributed by atoms with E-state index in [1.165, 1.54) is 0 Å². The van der Waals surface area contributed by atoms with Crippen LogP contribution in [0.3, 0.4) is 0 Å². The van der Waals surface area contributed by atoms with Gasteiger partial charge in [0.25, 0.3) is 0 Å². The third-order valence-electron chi connectivity index (χ3n) is 10.9. The number of rotatable bonds is 5. The van der Waals surface area contributed by atoms with Gasteiger partial charge in [-0.05, 0) is 82.0 Å². The normalized spacial score (nSPS) is 52.7. The number of aliphatic hydroxyl groups excluding tert-OH is 8. The summed E-state index contributed by atoms with van der Waals surface area (Å²) in [4.78, 5) is -0.672. The Labute approximate surface area is 266 Å². The first-order valence-electron chi connectivity index (χ1n) is 16.0. The first-order chi connectivity index (χ1) is 20.2. The van der Waals surface area contributed by atoms with E-state index in [-0.39, 0.29) is 23.7 Å². The molecule has 0 aromatic rings. The standard InChI is InChI=1S/C30H51BCl2O10/c1-29(32)12-17(28-26(41)24(39)22(37)20(14-35)43-28)6-3-7-18(29)15-4-2-5-16(9-11-30(31,33)10-8-15)27-25(40)23(38)21(36)19(13-34)42-27/h15-28,34-41H,2-14H2,1H3/t15?,16?,17?,18?,19-,20-,21-,22-,23+,24+,25+,26+,27-,28-,29?,30?/m1/s1. The van der Waals surface area contributed by atoms with Crippen molar-refractivity contribution in [1.29, 1.82) is 0 Å². The summed E-state index contributed by atoms with van der Waals surface area (Å²) in [6, 6.07) is 0. The zero-order chi connectivity index (χ0) is 31.7. The first-order valence-corrected chi connectivity index (χ1v) is 16.7. The molecule has 2 aliphatic heterocycles. The highest BCUT2D eigenvalue weighted by atomic mass is 35.5. The molecule has 2 heterocycles. The average molecular weight is 653 g/mol. The molecular formula is C30H51BCl2O10. The lowest BCUT2D eigenvalue weighted by atomic mass is 9.68. The molecule has 2 radical (unpaired) electrons. The molecule has 16 atom stereocenters. The van der Waals surface area contributed by atoms with Gasteiger partial charge in [0.1, 0.15) is 48.8 Å². The Morgan fingerprint density at radius 1 is 0.628 bits per heavy atom. The highest BCUT2D eigenvalue weighted by Crippen LogP contribution is 2.49. The maximum absolute atomic E-state index is 10.8. The van der Waals surface area contributed by atoms with Crippen LogP contribution in [0.1, 0.15) is 77.6 Å². The molecule has 0 bridgehead atoms. The molecule has 4 rings (SSSR count). The summed E-state index contributed by atoms with van der Waals surface area (Å²) in [6.45, 7) is 1.06. The Hall–Kier alpha value is 0.245. The van der Waals surface area contributed by atoms with E-state index in [9.17, 15) is 40.9 Å². The SMILES string of the molecule is [B]C1(Cl)CCC(C2CCCC([C@H]3O[C@H](CO)[C@@H](O)[C@H](O)[C@@H]3O)CC2(C)Cl)CCCC([C@H]2O[C@H](CO)[C@@H](O)[C@H](O)[C@@H]2O)CC1. The van der Waals surface area contributed by atoms with Gasteiger partial charge in [-0.2, -0.15) is 0 Å². The van der Waals surface area contributed by atoms with E-state index in [1.54, 1.807) is 0 Å². The minimum absolute atomic E-state index is 0.0988. The van der Waals surface area contributed by atoms with Gasteiger partial charge in [-0.3, -0.25) is 0 Å². The molecule has 0 aromatic heterocycles. The van der Waals surface area contributed by atoms with Gasteiger partial charge in [0.2, 0.25) is 0 Å². The Kier molecular flexibility index (Phi) is 12.6. The molecular weight excluding hydrogens is 602 g/mol. The van der Waals surface area contributed by atoms with E-state index >= 15 is 0 Å². The Bertz CT molecular complexity index is 882. The summed E-state index contributed by atoms with van der Waals surface area (Å²) < 4.78 is 10.8. The smallest absolute Gasteiger partial charge is 0.111 e. The summed E-state index contributed by atoms with van der Waals surface area (Å²) in [7, 11) is 6.56. The zero-order valence-corrected chi connectivity index (χ0v) is 26.5. The monoisotopic (exact) mass is 652 g/mol. The predicted molar refractivity (Wildman–Crippen MR) is 161 cm³/mol. The quantitative estimate of drug-likeness (QED) is 0.119. The van der Waals surface area contributed by atoms with E-state index in [2.05, 4.69) is 0 Å². The second-order valence-electron chi connectivity index (χ2n) is 13.9. The van der Waals surface area contributed by atoms with Gasteiger partial charge < -0.3 is 50.3 Å². The number of halogens is 2. The van der Waals surface area contributed by atoms with Crippen LogP contribution in [0.2, 0.25) is 0 Å². The summed E-state index contributed by atoms with van der Waals surface area (Å²) in [5, 5.41) is 82.2. The second kappa shape index (κ2) is 15.0. The van der Waals surface area contributed by atoms with Gasteiger partial charge >= 0.3 is 0 Å². The van der Waals surface area contributed by atoms with Gasteiger partial charge in [-0.1, -0.05) is 19.3 Å². The number of alkyl halides is 2. The third-order valence-corrected chi connectivity index (χ3v) is 11.7. The van der Waals surface area contributed by atoms with Crippen molar-refractivity contribution >= 4 is 31.0 Å². The third kappa shape index (κ3) is 8.22. The van der Waals surface area contributed by atoms with Crippen molar-refractivity contribution < 1.29 is 50.3 Å². The fourth-order valence-corrected chi connectivity index (χ4v) is 9.06. The van der Waals surface area contributed by atoms with Gasteiger partial charge in [0.15, 0.2) is 0 Å². The van der Waals surface area contributed by atoms with Gasteiger partial charge in [0, 0.05) is 9.65 Å². The van der Waals surface area contributed by atoms with Crippen molar-refractivity contribution in [3.63, 3.8) is 0 Å². The van der Waals surface area contributed by atoms with Crippen LogP contribution in [0, 0.1) is 23.7 Å². The lowest BCUT2D eigenvalue weighted by Crippen LogP contribution is -2.60. The maximum Gasteiger partial charge on any atom is 0.111 e. The second-order valence-corrected chi connectivity index (χ2v) is 15.5. The van der Waals surface area contributed by atoms with Crippen LogP contribution in [0.4, 0.5) is 0 Å².